The number of aliphatic hydroxyl groups excluding tert-OH is 1. The van der Waals surface area contributed by atoms with Crippen molar-refractivity contribution in [1.82, 2.24) is 10.2 Å². The first-order chi connectivity index (χ1) is 9.61. The van der Waals surface area contributed by atoms with Crippen LogP contribution in [0, 0.1) is 0 Å². The topological polar surface area (TPSA) is 52.6 Å². The Morgan fingerprint density at radius 1 is 1.55 bits per heavy atom. The van der Waals surface area contributed by atoms with Crippen LogP contribution in [0.25, 0.3) is 0 Å². The number of carbonyl (C=O) groups excluding carboxylic acids is 1. The van der Waals surface area contributed by atoms with E-state index in [1.807, 2.05) is 0 Å². The Morgan fingerprint density at radius 2 is 2.35 bits per heavy atom. The van der Waals surface area contributed by atoms with Crippen molar-refractivity contribution in [2.75, 3.05) is 26.2 Å². The molecule has 1 atom stereocenters. The predicted octanol–water partition coefficient (Wildman–Crippen LogP) is 2.29. The van der Waals surface area contributed by atoms with Crippen LogP contribution >= 0.6 is 27.5 Å². The predicted molar refractivity (Wildman–Crippen MR) is 83.2 cm³/mol. The maximum Gasteiger partial charge on any atom is 0.255 e. The van der Waals surface area contributed by atoms with Gasteiger partial charge in [-0.3, -0.25) is 4.79 Å². The van der Waals surface area contributed by atoms with Crippen molar-refractivity contribution in [3.05, 3.63) is 33.3 Å². The Labute approximate surface area is 132 Å². The lowest BCUT2D eigenvalue weighted by Gasteiger charge is -2.25. The van der Waals surface area contributed by atoms with E-state index in [9.17, 15) is 9.90 Å². The van der Waals surface area contributed by atoms with E-state index >= 15 is 0 Å². The lowest BCUT2D eigenvalue weighted by molar-refractivity contribution is 0.0705. The van der Waals surface area contributed by atoms with Crippen LogP contribution in [0.1, 0.15) is 23.2 Å². The summed E-state index contributed by atoms with van der Waals surface area (Å²) in [6.07, 6.45) is 2.20. The number of aliphatic hydroxyl groups is 1. The molecule has 1 unspecified atom stereocenters. The van der Waals surface area contributed by atoms with Crippen LogP contribution in [-0.2, 0) is 0 Å². The van der Waals surface area contributed by atoms with Gasteiger partial charge in [-0.2, -0.15) is 0 Å². The lowest BCUT2D eigenvalue weighted by atomic mass is 10.1. The van der Waals surface area contributed by atoms with Crippen molar-refractivity contribution in [2.24, 2.45) is 0 Å². The highest BCUT2D eigenvalue weighted by molar-refractivity contribution is 9.10. The third-order valence-electron chi connectivity index (χ3n) is 3.42. The minimum absolute atomic E-state index is 0.0380. The standard InChI is InChI=1S/C14H18BrClN2O2/c15-13-8-10(16)3-4-12(13)14(20)18(6-7-19)9-11-2-1-5-17-11/h3-4,8,11,17,19H,1-2,5-7,9H2. The van der Waals surface area contributed by atoms with Crippen molar-refractivity contribution >= 4 is 33.4 Å². The van der Waals surface area contributed by atoms with Gasteiger partial charge in [-0.15, -0.1) is 0 Å². The number of amides is 1. The maximum atomic E-state index is 12.6. The first-order valence-corrected chi connectivity index (χ1v) is 7.87. The number of halogens is 2. The Kier molecular flexibility index (Phi) is 5.84. The smallest absolute Gasteiger partial charge is 0.255 e. The van der Waals surface area contributed by atoms with Crippen LogP contribution < -0.4 is 5.32 Å². The molecule has 1 heterocycles. The summed E-state index contributed by atoms with van der Waals surface area (Å²) >= 11 is 9.26. The second-order valence-corrected chi connectivity index (χ2v) is 6.18. The van der Waals surface area contributed by atoms with E-state index < -0.39 is 0 Å². The molecule has 0 radical (unpaired) electrons. The SMILES string of the molecule is O=C(c1ccc(Cl)cc1Br)N(CCO)CC1CCCN1. The Morgan fingerprint density at radius 3 is 2.95 bits per heavy atom. The molecular formula is C14H18BrClN2O2. The number of carbonyl (C=O) groups is 1. The summed E-state index contributed by atoms with van der Waals surface area (Å²) in [4.78, 5) is 14.3. The second kappa shape index (κ2) is 7.41. The lowest BCUT2D eigenvalue weighted by Crippen LogP contribution is -2.42. The van der Waals surface area contributed by atoms with Crippen LogP contribution in [0.3, 0.4) is 0 Å². The van der Waals surface area contributed by atoms with E-state index in [-0.39, 0.29) is 12.5 Å². The van der Waals surface area contributed by atoms with Gasteiger partial charge >= 0.3 is 0 Å². The Balaban J connectivity index is 2.12. The molecule has 4 nitrogen and oxygen atoms in total. The molecule has 110 valence electrons. The van der Waals surface area contributed by atoms with E-state index in [0.717, 1.165) is 19.4 Å². The van der Waals surface area contributed by atoms with Gasteiger partial charge in [0.05, 0.1) is 12.2 Å². The fraction of sp³-hybridized carbons (Fsp3) is 0.500. The second-order valence-electron chi connectivity index (χ2n) is 4.89. The van der Waals surface area contributed by atoms with E-state index in [1.54, 1.807) is 23.1 Å². The molecule has 0 aromatic heterocycles. The summed E-state index contributed by atoms with van der Waals surface area (Å²) in [5.41, 5.74) is 0.570. The normalized spacial score (nSPS) is 18.2. The van der Waals surface area contributed by atoms with Crippen LogP contribution in [0.5, 0.6) is 0 Å². The highest BCUT2D eigenvalue weighted by atomic mass is 79.9. The summed E-state index contributed by atoms with van der Waals surface area (Å²) in [7, 11) is 0. The van der Waals surface area contributed by atoms with Gasteiger partial charge in [0.25, 0.3) is 5.91 Å². The average molecular weight is 362 g/mol. The monoisotopic (exact) mass is 360 g/mol. The number of rotatable bonds is 5. The highest BCUT2D eigenvalue weighted by Crippen LogP contribution is 2.23. The number of hydrogen-bond acceptors (Lipinski definition) is 3. The zero-order valence-corrected chi connectivity index (χ0v) is 13.5. The van der Waals surface area contributed by atoms with Crippen LogP contribution in [0.4, 0.5) is 0 Å². The van der Waals surface area contributed by atoms with Gasteiger partial charge in [-0.25, -0.2) is 0 Å². The van der Waals surface area contributed by atoms with Gasteiger partial charge in [-0.05, 0) is 53.5 Å². The van der Waals surface area contributed by atoms with Crippen molar-refractivity contribution < 1.29 is 9.90 Å². The molecule has 2 rings (SSSR count). The Bertz CT molecular complexity index is 478. The van der Waals surface area contributed by atoms with Crippen LogP contribution in [-0.4, -0.2) is 48.2 Å². The molecule has 1 aromatic rings. The number of benzene rings is 1. The molecule has 6 heteroatoms. The molecule has 1 amide bonds. The number of nitrogens with one attached hydrogen (secondary N) is 1. The molecule has 2 N–H and O–H groups in total. The van der Waals surface area contributed by atoms with E-state index in [4.69, 9.17) is 11.6 Å². The van der Waals surface area contributed by atoms with Crippen molar-refractivity contribution in [3.63, 3.8) is 0 Å². The molecule has 0 bridgehead atoms. The molecule has 1 fully saturated rings. The molecule has 1 aromatic carbocycles. The summed E-state index contributed by atoms with van der Waals surface area (Å²) < 4.78 is 0.678. The fourth-order valence-electron chi connectivity index (χ4n) is 2.41. The summed E-state index contributed by atoms with van der Waals surface area (Å²) in [5.74, 6) is -0.0868. The molecule has 1 aliphatic heterocycles. The summed E-state index contributed by atoms with van der Waals surface area (Å²) in [6.45, 7) is 1.92. The number of nitrogens with zero attached hydrogens (tertiary/aromatic N) is 1. The van der Waals surface area contributed by atoms with Gasteiger partial charge in [0.15, 0.2) is 0 Å². The van der Waals surface area contributed by atoms with Gasteiger partial charge in [0, 0.05) is 28.6 Å². The van der Waals surface area contributed by atoms with Gasteiger partial charge in [-0.1, -0.05) is 11.6 Å². The molecule has 20 heavy (non-hydrogen) atoms. The molecule has 0 spiro atoms. The maximum absolute atomic E-state index is 12.6. The van der Waals surface area contributed by atoms with E-state index in [1.165, 1.54) is 0 Å². The van der Waals surface area contributed by atoms with Crippen LogP contribution in [0.15, 0.2) is 22.7 Å². The highest BCUT2D eigenvalue weighted by Gasteiger charge is 2.23. The zero-order chi connectivity index (χ0) is 14.5. The van der Waals surface area contributed by atoms with Gasteiger partial charge < -0.3 is 15.3 Å². The first-order valence-electron chi connectivity index (χ1n) is 6.70. The fourth-order valence-corrected chi connectivity index (χ4v) is 3.26. The van der Waals surface area contributed by atoms with Crippen molar-refractivity contribution in [3.8, 4) is 0 Å². The molecule has 1 aliphatic rings. The Hall–Kier alpha value is -0.620. The molecule has 0 aliphatic carbocycles. The minimum Gasteiger partial charge on any atom is -0.395 e. The van der Waals surface area contributed by atoms with Crippen LogP contribution in [0.2, 0.25) is 5.02 Å². The first kappa shape index (κ1) is 15.8. The molecule has 0 saturated carbocycles. The minimum atomic E-state index is -0.0868. The molecular weight excluding hydrogens is 344 g/mol. The van der Waals surface area contributed by atoms with Gasteiger partial charge in [0.2, 0.25) is 0 Å². The van der Waals surface area contributed by atoms with Crippen molar-refractivity contribution in [2.45, 2.75) is 18.9 Å². The largest absolute Gasteiger partial charge is 0.395 e. The average Bonchev–Trinajstić information content (AvgIpc) is 2.90. The quantitative estimate of drug-likeness (QED) is 0.846. The summed E-state index contributed by atoms with van der Waals surface area (Å²) in [5, 5.41) is 13.1. The third-order valence-corrected chi connectivity index (χ3v) is 4.31. The third kappa shape index (κ3) is 3.95. The molecule has 1 saturated heterocycles. The number of hydrogen-bond donors (Lipinski definition) is 2. The van der Waals surface area contributed by atoms with Gasteiger partial charge in [0.1, 0.15) is 0 Å². The van der Waals surface area contributed by atoms with Crippen molar-refractivity contribution in [1.29, 1.82) is 0 Å². The summed E-state index contributed by atoms with van der Waals surface area (Å²) in [6, 6.07) is 5.43. The zero-order valence-electron chi connectivity index (χ0n) is 11.1. The van der Waals surface area contributed by atoms with E-state index in [0.29, 0.717) is 34.2 Å². The van der Waals surface area contributed by atoms with E-state index in [2.05, 4.69) is 21.2 Å².